The van der Waals surface area contributed by atoms with Gasteiger partial charge in [-0.25, -0.2) is 0 Å². The molecule has 5 nitrogen and oxygen atoms in total. The van der Waals surface area contributed by atoms with E-state index in [9.17, 15) is 9.90 Å². The number of aliphatic hydroxyl groups is 1. The van der Waals surface area contributed by atoms with Crippen molar-refractivity contribution in [3.05, 3.63) is 59.2 Å². The van der Waals surface area contributed by atoms with Crippen LogP contribution in [0.1, 0.15) is 35.6 Å². The van der Waals surface area contributed by atoms with Gasteiger partial charge in [-0.1, -0.05) is 30.3 Å². The van der Waals surface area contributed by atoms with Crippen LogP contribution in [0.15, 0.2) is 42.5 Å². The van der Waals surface area contributed by atoms with Crippen molar-refractivity contribution in [2.75, 3.05) is 32.1 Å². The topological polar surface area (TPSA) is 61.8 Å². The van der Waals surface area contributed by atoms with E-state index in [1.165, 1.54) is 11.3 Å². The normalized spacial score (nSPS) is 18.0. The second kappa shape index (κ2) is 6.89. The van der Waals surface area contributed by atoms with Crippen LogP contribution >= 0.6 is 0 Å². The third kappa shape index (κ3) is 3.16. The van der Waals surface area contributed by atoms with Gasteiger partial charge in [0.1, 0.15) is 5.75 Å². The van der Waals surface area contributed by atoms with Gasteiger partial charge in [0.2, 0.25) is 5.91 Å². The van der Waals surface area contributed by atoms with Gasteiger partial charge >= 0.3 is 0 Å². The Morgan fingerprint density at radius 3 is 2.81 bits per heavy atom. The van der Waals surface area contributed by atoms with Crippen LogP contribution in [-0.2, 0) is 16.6 Å². The van der Waals surface area contributed by atoms with Crippen LogP contribution in [0.3, 0.4) is 0 Å². The minimum atomic E-state index is -0.710. The van der Waals surface area contributed by atoms with Crippen molar-refractivity contribution in [2.24, 2.45) is 0 Å². The molecule has 1 amide bonds. The molecule has 1 aliphatic carbocycles. The Morgan fingerprint density at radius 2 is 2.07 bits per heavy atom. The van der Waals surface area contributed by atoms with Crippen LogP contribution < -0.4 is 15.0 Å². The number of likely N-dealkylation sites (N-methyl/N-ethyl adjacent to an activating group) is 1. The fourth-order valence-corrected chi connectivity index (χ4v) is 4.05. The summed E-state index contributed by atoms with van der Waals surface area (Å²) in [5, 5.41) is 13.5. The van der Waals surface area contributed by atoms with Crippen LogP contribution in [-0.4, -0.2) is 38.3 Å². The number of nitrogens with zero attached hydrogens (tertiary/aromatic N) is 1. The number of ether oxygens (including phenoxy) is 1. The average molecular weight is 366 g/mol. The van der Waals surface area contributed by atoms with Gasteiger partial charge in [-0.2, -0.15) is 0 Å². The predicted molar refractivity (Wildman–Crippen MR) is 105 cm³/mol. The predicted octanol–water partition coefficient (Wildman–Crippen LogP) is 2.57. The zero-order chi connectivity index (χ0) is 19.0. The zero-order valence-corrected chi connectivity index (χ0v) is 15.9. The molecular weight excluding hydrogens is 340 g/mol. The van der Waals surface area contributed by atoms with Crippen molar-refractivity contribution < 1.29 is 14.6 Å². The van der Waals surface area contributed by atoms with Crippen LogP contribution in [0.5, 0.6) is 5.75 Å². The van der Waals surface area contributed by atoms with Gasteiger partial charge in [-0.3, -0.25) is 4.79 Å². The number of hydrogen-bond acceptors (Lipinski definition) is 4. The number of para-hydroxylation sites is 1. The lowest BCUT2D eigenvalue weighted by Crippen LogP contribution is -2.37. The molecule has 0 saturated heterocycles. The highest BCUT2D eigenvalue weighted by Crippen LogP contribution is 2.51. The number of carbonyl (C=O) groups excluding carboxylic acids is 1. The third-order valence-corrected chi connectivity index (χ3v) is 5.88. The minimum absolute atomic E-state index is 0.0352. The summed E-state index contributed by atoms with van der Waals surface area (Å²) < 4.78 is 5.43. The molecule has 0 bridgehead atoms. The van der Waals surface area contributed by atoms with Crippen molar-refractivity contribution in [3.63, 3.8) is 0 Å². The number of aliphatic hydroxyl groups excluding tert-OH is 1. The Kier molecular flexibility index (Phi) is 4.56. The highest BCUT2D eigenvalue weighted by molar-refractivity contribution is 5.92. The van der Waals surface area contributed by atoms with Crippen molar-refractivity contribution >= 4 is 11.6 Å². The molecule has 1 saturated carbocycles. The molecule has 2 N–H and O–H groups in total. The SMILES string of the molecule is COc1ccccc1C1(C(=O)NCC(O)c2ccc3c(c2)CCN3C)CC1. The number of rotatable bonds is 6. The Balaban J connectivity index is 1.44. The molecule has 1 heterocycles. The Bertz CT molecular complexity index is 860. The molecule has 0 aromatic heterocycles. The van der Waals surface area contributed by atoms with E-state index in [2.05, 4.69) is 29.4 Å². The number of carbonyl (C=O) groups is 1. The Hall–Kier alpha value is -2.53. The zero-order valence-electron chi connectivity index (χ0n) is 15.9. The van der Waals surface area contributed by atoms with Gasteiger partial charge in [0, 0.05) is 31.4 Å². The Labute approximate surface area is 160 Å². The molecule has 1 unspecified atom stereocenters. The van der Waals surface area contributed by atoms with Crippen LogP contribution in [0, 0.1) is 0 Å². The van der Waals surface area contributed by atoms with E-state index in [-0.39, 0.29) is 12.5 Å². The van der Waals surface area contributed by atoms with Gasteiger partial charge in [-0.05, 0) is 42.5 Å². The van der Waals surface area contributed by atoms with Gasteiger partial charge in [0.05, 0.1) is 18.6 Å². The first-order valence-electron chi connectivity index (χ1n) is 9.49. The molecule has 1 atom stereocenters. The smallest absolute Gasteiger partial charge is 0.230 e. The van der Waals surface area contributed by atoms with Crippen molar-refractivity contribution in [1.29, 1.82) is 0 Å². The maximum atomic E-state index is 12.9. The van der Waals surface area contributed by atoms with Gasteiger partial charge in [0.15, 0.2) is 0 Å². The molecule has 2 aromatic carbocycles. The second-order valence-electron chi connectivity index (χ2n) is 7.57. The molecule has 5 heteroatoms. The number of benzene rings is 2. The molecule has 4 rings (SSSR count). The molecule has 0 radical (unpaired) electrons. The number of anilines is 1. The van der Waals surface area contributed by atoms with Crippen molar-refractivity contribution in [1.82, 2.24) is 5.32 Å². The van der Waals surface area contributed by atoms with Crippen LogP contribution in [0.4, 0.5) is 5.69 Å². The molecule has 27 heavy (non-hydrogen) atoms. The first-order chi connectivity index (χ1) is 13.0. The van der Waals surface area contributed by atoms with Crippen molar-refractivity contribution in [2.45, 2.75) is 30.8 Å². The lowest BCUT2D eigenvalue weighted by atomic mass is 9.93. The second-order valence-corrected chi connectivity index (χ2v) is 7.57. The largest absolute Gasteiger partial charge is 0.496 e. The number of amides is 1. The number of hydrogen-bond donors (Lipinski definition) is 2. The highest BCUT2D eigenvalue weighted by atomic mass is 16.5. The summed E-state index contributed by atoms with van der Waals surface area (Å²) in [6.07, 6.45) is 1.90. The number of fused-ring (bicyclic) bond motifs is 1. The molecule has 0 spiro atoms. The average Bonchev–Trinajstić information content (AvgIpc) is 3.44. The van der Waals surface area contributed by atoms with E-state index >= 15 is 0 Å². The summed E-state index contributed by atoms with van der Waals surface area (Å²) in [6, 6.07) is 13.7. The fourth-order valence-electron chi connectivity index (χ4n) is 4.05. The van der Waals surface area contributed by atoms with E-state index in [1.807, 2.05) is 30.3 Å². The van der Waals surface area contributed by atoms with E-state index in [4.69, 9.17) is 4.74 Å². The molecule has 1 aliphatic heterocycles. The van der Waals surface area contributed by atoms with E-state index in [0.717, 1.165) is 42.7 Å². The fraction of sp³-hybridized carbons (Fsp3) is 0.409. The summed E-state index contributed by atoms with van der Waals surface area (Å²) in [5.41, 5.74) is 3.75. The first-order valence-corrected chi connectivity index (χ1v) is 9.49. The van der Waals surface area contributed by atoms with Crippen molar-refractivity contribution in [3.8, 4) is 5.75 Å². The van der Waals surface area contributed by atoms with E-state index in [1.54, 1.807) is 7.11 Å². The standard InChI is InChI=1S/C22H26N2O3/c1-24-12-9-15-13-16(7-8-18(15)24)19(25)14-23-21(26)22(10-11-22)17-5-3-4-6-20(17)27-2/h3-8,13,19,25H,9-12,14H2,1-2H3,(H,23,26). The maximum absolute atomic E-state index is 12.9. The lowest BCUT2D eigenvalue weighted by Gasteiger charge is -2.20. The monoisotopic (exact) mass is 366 g/mol. The van der Waals surface area contributed by atoms with Gasteiger partial charge in [-0.15, -0.1) is 0 Å². The molecule has 2 aromatic rings. The van der Waals surface area contributed by atoms with Crippen LogP contribution in [0.2, 0.25) is 0 Å². The van der Waals surface area contributed by atoms with E-state index in [0.29, 0.717) is 0 Å². The summed E-state index contributed by atoms with van der Waals surface area (Å²) in [5.74, 6) is 0.709. The minimum Gasteiger partial charge on any atom is -0.496 e. The molecular formula is C22H26N2O3. The molecule has 1 fully saturated rings. The van der Waals surface area contributed by atoms with Crippen LogP contribution in [0.25, 0.3) is 0 Å². The van der Waals surface area contributed by atoms with Gasteiger partial charge in [0.25, 0.3) is 0 Å². The first kappa shape index (κ1) is 17.9. The van der Waals surface area contributed by atoms with E-state index < -0.39 is 11.5 Å². The quantitative estimate of drug-likeness (QED) is 0.825. The highest BCUT2D eigenvalue weighted by Gasteiger charge is 2.52. The molecule has 2 aliphatic rings. The Morgan fingerprint density at radius 1 is 1.30 bits per heavy atom. The number of nitrogens with one attached hydrogen (secondary N) is 1. The summed E-state index contributed by atoms with van der Waals surface area (Å²) >= 11 is 0. The lowest BCUT2D eigenvalue weighted by molar-refractivity contribution is -0.124. The third-order valence-electron chi connectivity index (χ3n) is 5.88. The summed E-state index contributed by atoms with van der Waals surface area (Å²) in [4.78, 5) is 15.1. The number of methoxy groups -OCH3 is 1. The molecule has 142 valence electrons. The van der Waals surface area contributed by atoms with Gasteiger partial charge < -0.3 is 20.1 Å². The summed E-state index contributed by atoms with van der Waals surface area (Å²) in [7, 11) is 3.71. The summed E-state index contributed by atoms with van der Waals surface area (Å²) in [6.45, 7) is 1.22. The maximum Gasteiger partial charge on any atom is 0.230 e.